The molecule has 1 aromatic heterocycles. The first-order valence-electron chi connectivity index (χ1n) is 8.57. The number of nitrogens with one attached hydrogen (secondary N) is 1. The van der Waals surface area contributed by atoms with E-state index in [9.17, 15) is 0 Å². The molecule has 21 heavy (non-hydrogen) atoms. The normalized spacial score (nSPS) is 25.5. The minimum atomic E-state index is 0.498. The molecule has 0 radical (unpaired) electrons. The van der Waals surface area contributed by atoms with Crippen LogP contribution in [0.1, 0.15) is 69.5 Å². The fourth-order valence-corrected chi connectivity index (χ4v) is 4.87. The van der Waals surface area contributed by atoms with Crippen molar-refractivity contribution in [3.05, 3.63) is 10.6 Å². The number of thiazole rings is 1. The van der Waals surface area contributed by atoms with Crippen molar-refractivity contribution in [1.29, 1.82) is 0 Å². The molecule has 0 amide bonds. The van der Waals surface area contributed by atoms with Crippen molar-refractivity contribution >= 4 is 16.5 Å². The van der Waals surface area contributed by atoms with Crippen molar-refractivity contribution in [1.82, 2.24) is 10.3 Å². The summed E-state index contributed by atoms with van der Waals surface area (Å²) in [5.41, 5.74) is 1.87. The molecule has 2 aliphatic rings. The Labute approximate surface area is 133 Å². The Morgan fingerprint density at radius 2 is 2.14 bits per heavy atom. The summed E-state index contributed by atoms with van der Waals surface area (Å²) in [4.78, 5) is 9.06. The molecule has 2 heterocycles. The predicted octanol–water partition coefficient (Wildman–Crippen LogP) is 4.15. The van der Waals surface area contributed by atoms with Gasteiger partial charge in [0.05, 0.1) is 5.69 Å². The Kier molecular flexibility index (Phi) is 4.55. The van der Waals surface area contributed by atoms with Gasteiger partial charge in [-0.3, -0.25) is 0 Å². The van der Waals surface area contributed by atoms with E-state index in [-0.39, 0.29) is 0 Å². The maximum Gasteiger partial charge on any atom is 0.185 e. The van der Waals surface area contributed by atoms with Crippen molar-refractivity contribution in [2.75, 3.05) is 24.5 Å². The molecule has 1 N–H and O–H groups in total. The molecule has 0 saturated carbocycles. The van der Waals surface area contributed by atoms with Crippen molar-refractivity contribution in [2.24, 2.45) is 5.41 Å². The Hall–Kier alpha value is -0.610. The van der Waals surface area contributed by atoms with Crippen LogP contribution in [0, 0.1) is 5.41 Å². The first kappa shape index (κ1) is 15.3. The largest absolute Gasteiger partial charge is 0.348 e. The number of fused-ring (bicyclic) bond motifs is 1. The highest BCUT2D eigenvalue weighted by molar-refractivity contribution is 7.15. The Morgan fingerprint density at radius 3 is 2.95 bits per heavy atom. The standard InChI is InChI=1S/C17H29N3S/c1-4-18-13-7-5-8-14-15(13)21-16(19-14)20-11-6-9-17(2,3)10-12-20/h13,18H,4-12H2,1-3H3. The van der Waals surface area contributed by atoms with Crippen molar-refractivity contribution in [2.45, 2.75) is 65.3 Å². The summed E-state index contributed by atoms with van der Waals surface area (Å²) in [5.74, 6) is 0. The van der Waals surface area contributed by atoms with E-state index in [1.54, 1.807) is 0 Å². The van der Waals surface area contributed by atoms with E-state index < -0.39 is 0 Å². The third-order valence-corrected chi connectivity index (χ3v) is 6.27. The molecule has 0 bridgehead atoms. The van der Waals surface area contributed by atoms with Crippen molar-refractivity contribution in [3.8, 4) is 0 Å². The number of aryl methyl sites for hydroxylation is 1. The van der Waals surface area contributed by atoms with E-state index in [0.29, 0.717) is 11.5 Å². The van der Waals surface area contributed by atoms with Gasteiger partial charge in [0, 0.05) is 24.0 Å². The topological polar surface area (TPSA) is 28.2 Å². The molecule has 1 fully saturated rings. The number of nitrogens with zero attached hydrogens (tertiary/aromatic N) is 2. The van der Waals surface area contributed by atoms with Gasteiger partial charge in [-0.2, -0.15) is 0 Å². The highest BCUT2D eigenvalue weighted by atomic mass is 32.1. The fraction of sp³-hybridized carbons (Fsp3) is 0.824. The quantitative estimate of drug-likeness (QED) is 0.909. The van der Waals surface area contributed by atoms with E-state index >= 15 is 0 Å². The van der Waals surface area contributed by atoms with E-state index in [0.717, 1.165) is 6.54 Å². The SMILES string of the molecule is CCNC1CCCc2nc(N3CCCC(C)(C)CC3)sc21. The highest BCUT2D eigenvalue weighted by Crippen LogP contribution is 2.39. The highest BCUT2D eigenvalue weighted by Gasteiger charge is 2.28. The zero-order chi connectivity index (χ0) is 14.9. The zero-order valence-electron chi connectivity index (χ0n) is 13.7. The molecule has 1 aromatic rings. The van der Waals surface area contributed by atoms with Crippen LogP contribution in [0.15, 0.2) is 0 Å². The predicted molar refractivity (Wildman–Crippen MR) is 91.3 cm³/mol. The second kappa shape index (κ2) is 6.25. The molecule has 4 heteroatoms. The van der Waals surface area contributed by atoms with E-state index in [4.69, 9.17) is 4.98 Å². The molecule has 1 aliphatic carbocycles. The Bertz CT molecular complexity index is 480. The second-order valence-electron chi connectivity index (χ2n) is 7.31. The second-order valence-corrected chi connectivity index (χ2v) is 8.32. The molecule has 1 aliphatic heterocycles. The van der Waals surface area contributed by atoms with E-state index in [1.165, 1.54) is 67.3 Å². The molecule has 0 spiro atoms. The maximum atomic E-state index is 5.00. The van der Waals surface area contributed by atoms with E-state index in [2.05, 4.69) is 31.0 Å². The molecule has 0 aromatic carbocycles. The maximum absolute atomic E-state index is 5.00. The van der Waals surface area contributed by atoms with Gasteiger partial charge in [0.15, 0.2) is 5.13 Å². The number of hydrogen-bond acceptors (Lipinski definition) is 4. The van der Waals surface area contributed by atoms with Gasteiger partial charge in [0.1, 0.15) is 0 Å². The summed E-state index contributed by atoms with van der Waals surface area (Å²) in [5, 5.41) is 4.91. The summed E-state index contributed by atoms with van der Waals surface area (Å²) >= 11 is 1.95. The summed E-state index contributed by atoms with van der Waals surface area (Å²) in [7, 11) is 0. The zero-order valence-corrected chi connectivity index (χ0v) is 14.6. The van der Waals surface area contributed by atoms with E-state index in [1.807, 2.05) is 11.3 Å². The molecule has 1 atom stereocenters. The van der Waals surface area contributed by atoms with Gasteiger partial charge in [-0.1, -0.05) is 32.1 Å². The molecule has 1 unspecified atom stereocenters. The summed E-state index contributed by atoms with van der Waals surface area (Å²) in [6.45, 7) is 10.4. The molecular formula is C17H29N3S. The monoisotopic (exact) mass is 307 g/mol. The lowest BCUT2D eigenvalue weighted by atomic mass is 9.85. The summed E-state index contributed by atoms with van der Waals surface area (Å²) in [6.07, 6.45) is 7.65. The van der Waals surface area contributed by atoms with Crippen molar-refractivity contribution in [3.63, 3.8) is 0 Å². The van der Waals surface area contributed by atoms with Crippen LogP contribution in [0.3, 0.4) is 0 Å². The van der Waals surface area contributed by atoms with Crippen molar-refractivity contribution < 1.29 is 0 Å². The van der Waals surface area contributed by atoms with Gasteiger partial charge in [-0.15, -0.1) is 0 Å². The molecule has 3 rings (SSSR count). The van der Waals surface area contributed by atoms with Gasteiger partial charge in [0.2, 0.25) is 0 Å². The minimum absolute atomic E-state index is 0.498. The smallest absolute Gasteiger partial charge is 0.185 e. The average Bonchev–Trinajstić information content (AvgIpc) is 2.79. The fourth-order valence-electron chi connectivity index (χ4n) is 3.60. The number of hydrogen-bond donors (Lipinski definition) is 1. The molecule has 1 saturated heterocycles. The van der Waals surface area contributed by atoms with Crippen LogP contribution in [0.2, 0.25) is 0 Å². The van der Waals surface area contributed by atoms with Crippen LogP contribution in [0.4, 0.5) is 5.13 Å². The third kappa shape index (κ3) is 3.42. The Balaban J connectivity index is 1.77. The molecular weight excluding hydrogens is 278 g/mol. The van der Waals surface area contributed by atoms with Gasteiger partial charge in [0.25, 0.3) is 0 Å². The first-order valence-corrected chi connectivity index (χ1v) is 9.38. The summed E-state index contributed by atoms with van der Waals surface area (Å²) < 4.78 is 0. The van der Waals surface area contributed by atoms with Gasteiger partial charge < -0.3 is 10.2 Å². The number of rotatable bonds is 3. The Morgan fingerprint density at radius 1 is 1.29 bits per heavy atom. The van der Waals surface area contributed by atoms with Crippen LogP contribution < -0.4 is 10.2 Å². The summed E-state index contributed by atoms with van der Waals surface area (Å²) in [6, 6.07) is 0.549. The van der Waals surface area contributed by atoms with Gasteiger partial charge in [-0.05, 0) is 50.5 Å². The lowest BCUT2D eigenvalue weighted by molar-refractivity contribution is 0.325. The lowest BCUT2D eigenvalue weighted by Crippen LogP contribution is -2.24. The van der Waals surface area contributed by atoms with Crippen LogP contribution >= 0.6 is 11.3 Å². The minimum Gasteiger partial charge on any atom is -0.348 e. The van der Waals surface area contributed by atoms with Gasteiger partial charge >= 0.3 is 0 Å². The average molecular weight is 308 g/mol. The van der Waals surface area contributed by atoms with Crippen LogP contribution in [-0.2, 0) is 6.42 Å². The van der Waals surface area contributed by atoms with Crippen LogP contribution in [0.25, 0.3) is 0 Å². The van der Waals surface area contributed by atoms with Crippen LogP contribution in [0.5, 0.6) is 0 Å². The number of anilines is 1. The van der Waals surface area contributed by atoms with Gasteiger partial charge in [-0.25, -0.2) is 4.98 Å². The van der Waals surface area contributed by atoms with Crippen LogP contribution in [-0.4, -0.2) is 24.6 Å². The molecule has 3 nitrogen and oxygen atoms in total. The number of aromatic nitrogens is 1. The molecule has 118 valence electrons. The first-order chi connectivity index (χ1) is 10.1. The third-order valence-electron chi connectivity index (χ3n) is 5.00. The lowest BCUT2D eigenvalue weighted by Gasteiger charge is -2.23.